The highest BCUT2D eigenvalue weighted by molar-refractivity contribution is 5.31. The van der Waals surface area contributed by atoms with Crippen molar-refractivity contribution in [2.75, 3.05) is 39.5 Å². The van der Waals surface area contributed by atoms with E-state index in [1.165, 1.54) is 0 Å². The van der Waals surface area contributed by atoms with Crippen LogP contribution in [0.3, 0.4) is 0 Å². The first-order valence-corrected chi connectivity index (χ1v) is 8.01. The Hall–Kier alpha value is -1.26. The zero-order chi connectivity index (χ0) is 15.2. The fourth-order valence-corrected chi connectivity index (χ4v) is 1.82. The van der Waals surface area contributed by atoms with Crippen LogP contribution in [0.4, 0.5) is 0 Å². The Balaban J connectivity index is 1.99. The van der Waals surface area contributed by atoms with Crippen molar-refractivity contribution in [3.8, 4) is 11.5 Å². The van der Waals surface area contributed by atoms with E-state index in [4.69, 9.17) is 14.2 Å². The first-order chi connectivity index (χ1) is 10.4. The van der Waals surface area contributed by atoms with Crippen LogP contribution >= 0.6 is 0 Å². The maximum atomic E-state index is 5.67. The van der Waals surface area contributed by atoms with Crippen LogP contribution in [0, 0.1) is 0 Å². The Kier molecular flexibility index (Phi) is 10.6. The molecule has 1 aromatic rings. The van der Waals surface area contributed by atoms with Crippen LogP contribution in [0.2, 0.25) is 0 Å². The molecule has 4 nitrogen and oxygen atoms in total. The summed E-state index contributed by atoms with van der Waals surface area (Å²) in [5, 5.41) is 3.37. The van der Waals surface area contributed by atoms with Crippen LogP contribution < -0.4 is 14.8 Å². The third-order valence-electron chi connectivity index (χ3n) is 2.94. The summed E-state index contributed by atoms with van der Waals surface area (Å²) in [5.74, 6) is 1.79. The highest BCUT2D eigenvalue weighted by atomic mass is 16.5. The molecule has 0 atom stereocenters. The van der Waals surface area contributed by atoms with E-state index in [-0.39, 0.29) is 0 Å². The minimum Gasteiger partial charge on any atom is -0.494 e. The van der Waals surface area contributed by atoms with Crippen molar-refractivity contribution in [1.29, 1.82) is 0 Å². The Bertz CT molecular complexity index is 340. The third kappa shape index (κ3) is 9.32. The van der Waals surface area contributed by atoms with E-state index in [1.807, 2.05) is 31.2 Å². The Morgan fingerprint density at radius 3 is 2.10 bits per heavy atom. The van der Waals surface area contributed by atoms with Crippen molar-refractivity contribution in [2.45, 2.75) is 33.1 Å². The molecule has 0 saturated heterocycles. The quantitative estimate of drug-likeness (QED) is 0.567. The molecule has 0 spiro atoms. The SMILES string of the molecule is CCCOc1ccc(OCCNCCCCOCC)cc1. The topological polar surface area (TPSA) is 39.7 Å². The van der Waals surface area contributed by atoms with Crippen LogP contribution in [0.1, 0.15) is 33.1 Å². The van der Waals surface area contributed by atoms with Crippen molar-refractivity contribution in [1.82, 2.24) is 5.32 Å². The largest absolute Gasteiger partial charge is 0.494 e. The molecule has 1 aromatic carbocycles. The summed E-state index contributed by atoms with van der Waals surface area (Å²) >= 11 is 0. The number of hydrogen-bond acceptors (Lipinski definition) is 4. The van der Waals surface area contributed by atoms with Gasteiger partial charge in [0.15, 0.2) is 0 Å². The molecular weight excluding hydrogens is 266 g/mol. The van der Waals surface area contributed by atoms with Crippen molar-refractivity contribution in [3.63, 3.8) is 0 Å². The molecule has 0 bridgehead atoms. The van der Waals surface area contributed by atoms with Crippen molar-refractivity contribution in [3.05, 3.63) is 24.3 Å². The maximum Gasteiger partial charge on any atom is 0.119 e. The number of rotatable bonds is 13. The summed E-state index contributed by atoms with van der Waals surface area (Å²) in [6.07, 6.45) is 3.28. The van der Waals surface area contributed by atoms with Gasteiger partial charge in [0, 0.05) is 19.8 Å². The zero-order valence-electron chi connectivity index (χ0n) is 13.4. The van der Waals surface area contributed by atoms with E-state index in [0.29, 0.717) is 6.61 Å². The summed E-state index contributed by atoms with van der Waals surface area (Å²) in [6, 6.07) is 7.80. The molecule has 0 aliphatic heterocycles. The van der Waals surface area contributed by atoms with Gasteiger partial charge < -0.3 is 19.5 Å². The van der Waals surface area contributed by atoms with Gasteiger partial charge in [-0.2, -0.15) is 0 Å². The smallest absolute Gasteiger partial charge is 0.119 e. The van der Waals surface area contributed by atoms with E-state index >= 15 is 0 Å². The molecule has 0 saturated carbocycles. The van der Waals surface area contributed by atoms with Gasteiger partial charge in [-0.25, -0.2) is 0 Å². The molecule has 0 heterocycles. The molecule has 0 fully saturated rings. The van der Waals surface area contributed by atoms with Gasteiger partial charge in [-0.1, -0.05) is 6.92 Å². The minimum absolute atomic E-state index is 0.681. The van der Waals surface area contributed by atoms with Gasteiger partial charge in [0.1, 0.15) is 18.1 Å². The minimum atomic E-state index is 0.681. The Morgan fingerprint density at radius 2 is 1.48 bits per heavy atom. The van der Waals surface area contributed by atoms with Gasteiger partial charge in [0.25, 0.3) is 0 Å². The summed E-state index contributed by atoms with van der Waals surface area (Å²) in [6.45, 7) is 9.11. The predicted octanol–water partition coefficient (Wildman–Crippen LogP) is 3.26. The average molecular weight is 295 g/mol. The van der Waals surface area contributed by atoms with Crippen molar-refractivity contribution in [2.24, 2.45) is 0 Å². The van der Waals surface area contributed by atoms with Gasteiger partial charge in [-0.05, 0) is 57.0 Å². The van der Waals surface area contributed by atoms with E-state index < -0.39 is 0 Å². The normalized spacial score (nSPS) is 10.6. The van der Waals surface area contributed by atoms with Crippen molar-refractivity contribution < 1.29 is 14.2 Å². The highest BCUT2D eigenvalue weighted by Crippen LogP contribution is 2.17. The summed E-state index contributed by atoms with van der Waals surface area (Å²) in [7, 11) is 0. The lowest BCUT2D eigenvalue weighted by Gasteiger charge is -2.09. The number of benzene rings is 1. The molecule has 21 heavy (non-hydrogen) atoms. The van der Waals surface area contributed by atoms with Gasteiger partial charge in [0.05, 0.1) is 6.61 Å². The molecule has 120 valence electrons. The standard InChI is InChI=1S/C17H29NO3/c1-3-13-20-16-7-9-17(10-8-16)21-15-12-18-11-5-6-14-19-4-2/h7-10,18H,3-6,11-15H2,1-2H3. The molecule has 0 aromatic heterocycles. The molecule has 0 unspecified atom stereocenters. The third-order valence-corrected chi connectivity index (χ3v) is 2.94. The Morgan fingerprint density at radius 1 is 0.810 bits per heavy atom. The second-order valence-electron chi connectivity index (χ2n) is 4.82. The fraction of sp³-hybridized carbons (Fsp3) is 0.647. The lowest BCUT2D eigenvalue weighted by atomic mass is 10.3. The van der Waals surface area contributed by atoms with E-state index in [1.54, 1.807) is 0 Å². The molecule has 4 heteroatoms. The maximum absolute atomic E-state index is 5.67. The fourth-order valence-electron chi connectivity index (χ4n) is 1.82. The first-order valence-electron chi connectivity index (χ1n) is 8.01. The predicted molar refractivity (Wildman–Crippen MR) is 86.3 cm³/mol. The zero-order valence-corrected chi connectivity index (χ0v) is 13.4. The van der Waals surface area contributed by atoms with Crippen LogP contribution in [-0.4, -0.2) is 39.5 Å². The van der Waals surface area contributed by atoms with Crippen LogP contribution in [0.5, 0.6) is 11.5 Å². The van der Waals surface area contributed by atoms with E-state index in [2.05, 4.69) is 12.2 Å². The molecular formula is C17H29NO3. The molecule has 0 amide bonds. The monoisotopic (exact) mass is 295 g/mol. The van der Waals surface area contributed by atoms with Crippen LogP contribution in [0.25, 0.3) is 0 Å². The van der Waals surface area contributed by atoms with Gasteiger partial charge in [0.2, 0.25) is 0 Å². The van der Waals surface area contributed by atoms with E-state index in [0.717, 1.165) is 63.7 Å². The lowest BCUT2D eigenvalue weighted by molar-refractivity contribution is 0.143. The van der Waals surface area contributed by atoms with Gasteiger partial charge >= 0.3 is 0 Å². The highest BCUT2D eigenvalue weighted by Gasteiger charge is 1.96. The molecule has 0 aliphatic carbocycles. The second kappa shape index (κ2) is 12.5. The van der Waals surface area contributed by atoms with Crippen molar-refractivity contribution >= 4 is 0 Å². The Labute approximate surface area is 128 Å². The molecule has 0 aliphatic rings. The number of ether oxygens (including phenoxy) is 3. The number of hydrogen-bond donors (Lipinski definition) is 1. The lowest BCUT2D eigenvalue weighted by Crippen LogP contribution is -2.22. The molecule has 1 N–H and O–H groups in total. The molecule has 1 rings (SSSR count). The van der Waals surface area contributed by atoms with Gasteiger partial charge in [-0.15, -0.1) is 0 Å². The van der Waals surface area contributed by atoms with Crippen LogP contribution in [-0.2, 0) is 4.74 Å². The molecule has 0 radical (unpaired) electrons. The van der Waals surface area contributed by atoms with Crippen LogP contribution in [0.15, 0.2) is 24.3 Å². The summed E-state index contributed by atoms with van der Waals surface area (Å²) in [4.78, 5) is 0. The van der Waals surface area contributed by atoms with E-state index in [9.17, 15) is 0 Å². The second-order valence-corrected chi connectivity index (χ2v) is 4.82. The van der Waals surface area contributed by atoms with Gasteiger partial charge in [-0.3, -0.25) is 0 Å². The average Bonchev–Trinajstić information content (AvgIpc) is 2.52. The number of nitrogens with one attached hydrogen (secondary N) is 1. The summed E-state index contributed by atoms with van der Waals surface area (Å²) < 4.78 is 16.5. The first kappa shape index (κ1) is 17.8. The summed E-state index contributed by atoms with van der Waals surface area (Å²) in [5.41, 5.74) is 0. The number of unbranched alkanes of at least 4 members (excludes halogenated alkanes) is 1.